The molecule has 1 aromatic rings. The molecule has 170 valence electrons. The smallest absolute Gasteiger partial charge is 0.323 e. The predicted molar refractivity (Wildman–Crippen MR) is 102 cm³/mol. The SMILES string of the molecule is COC(=O)C(Cc1cnc[nH]1)NCCCNCCCC[C@@H](CO[N+](=O)[O-])O[N+](=O)[O-]. The molecule has 14 heteroatoms. The third kappa shape index (κ3) is 11.8. The molecule has 0 spiro atoms. The number of aromatic amines is 1. The third-order valence-corrected chi connectivity index (χ3v) is 4.12. The Bertz CT molecular complexity index is 629. The standard InChI is InChI=1S/C16H28N6O8/c1-28-16(23)15(9-13-10-18-12-20-13)19-8-4-7-17-6-3-2-5-14(30-22(26)27)11-29-21(24)25/h10,12,14-15,17,19H,2-9,11H2,1H3,(H,18,20)/t14-,15?/m0/s1. The molecule has 0 saturated heterocycles. The maximum atomic E-state index is 11.8. The molecule has 1 aromatic heterocycles. The fourth-order valence-electron chi connectivity index (χ4n) is 2.67. The maximum Gasteiger partial charge on any atom is 0.323 e. The van der Waals surface area contributed by atoms with Gasteiger partial charge in [-0.2, -0.15) is 0 Å². The number of methoxy groups -OCH3 is 1. The van der Waals surface area contributed by atoms with Gasteiger partial charge in [-0.05, 0) is 45.3 Å². The van der Waals surface area contributed by atoms with Gasteiger partial charge in [0.25, 0.3) is 10.2 Å². The molecule has 0 amide bonds. The van der Waals surface area contributed by atoms with Crippen LogP contribution in [0.4, 0.5) is 0 Å². The Labute approximate surface area is 172 Å². The second kappa shape index (κ2) is 14.9. The zero-order valence-corrected chi connectivity index (χ0v) is 16.8. The summed E-state index contributed by atoms with van der Waals surface area (Å²) in [4.78, 5) is 47.8. The highest BCUT2D eigenvalue weighted by Crippen LogP contribution is 2.06. The number of rotatable bonds is 18. The van der Waals surface area contributed by atoms with Crippen LogP contribution in [0.25, 0.3) is 0 Å². The van der Waals surface area contributed by atoms with E-state index in [1.807, 2.05) is 0 Å². The molecule has 3 N–H and O–H groups in total. The van der Waals surface area contributed by atoms with Crippen LogP contribution in [0.3, 0.4) is 0 Å². The summed E-state index contributed by atoms with van der Waals surface area (Å²) in [5.74, 6) is -0.342. The van der Waals surface area contributed by atoms with E-state index in [1.54, 1.807) is 12.5 Å². The van der Waals surface area contributed by atoms with Gasteiger partial charge in [-0.1, -0.05) is 0 Å². The minimum Gasteiger partial charge on any atom is -0.468 e. The normalized spacial score (nSPS) is 12.7. The summed E-state index contributed by atoms with van der Waals surface area (Å²) >= 11 is 0. The Morgan fingerprint density at radius 1 is 1.20 bits per heavy atom. The van der Waals surface area contributed by atoms with Crippen molar-refractivity contribution < 1.29 is 29.4 Å². The van der Waals surface area contributed by atoms with E-state index in [2.05, 4.69) is 30.3 Å². The molecule has 0 aliphatic heterocycles. The van der Waals surface area contributed by atoms with Gasteiger partial charge in [0.1, 0.15) is 18.8 Å². The molecular formula is C16H28N6O8. The van der Waals surface area contributed by atoms with Crippen LogP contribution in [-0.2, 0) is 25.6 Å². The second-order valence-electron chi connectivity index (χ2n) is 6.38. The van der Waals surface area contributed by atoms with Crippen molar-refractivity contribution >= 4 is 5.97 Å². The molecule has 0 saturated carbocycles. The number of hydrogen-bond acceptors (Lipinski definition) is 11. The molecule has 0 aromatic carbocycles. The van der Waals surface area contributed by atoms with Crippen molar-refractivity contribution in [1.82, 2.24) is 20.6 Å². The van der Waals surface area contributed by atoms with Gasteiger partial charge in [-0.25, -0.2) is 4.98 Å². The summed E-state index contributed by atoms with van der Waals surface area (Å²) < 4.78 is 4.81. The van der Waals surface area contributed by atoms with E-state index < -0.39 is 28.9 Å². The largest absolute Gasteiger partial charge is 0.468 e. The van der Waals surface area contributed by atoms with Gasteiger partial charge in [-0.15, -0.1) is 20.2 Å². The van der Waals surface area contributed by atoms with Crippen LogP contribution >= 0.6 is 0 Å². The number of ether oxygens (including phenoxy) is 1. The molecule has 2 atom stereocenters. The van der Waals surface area contributed by atoms with Gasteiger partial charge >= 0.3 is 5.97 Å². The molecule has 30 heavy (non-hydrogen) atoms. The Balaban J connectivity index is 2.12. The Hall–Kier alpha value is -3.00. The fourth-order valence-corrected chi connectivity index (χ4v) is 2.67. The minimum atomic E-state index is -1.01. The number of imidazole rings is 1. The molecule has 0 bridgehead atoms. The first-order valence-corrected chi connectivity index (χ1v) is 9.50. The van der Waals surface area contributed by atoms with E-state index in [4.69, 9.17) is 4.74 Å². The highest BCUT2D eigenvalue weighted by molar-refractivity contribution is 5.75. The monoisotopic (exact) mass is 432 g/mol. The average molecular weight is 432 g/mol. The van der Waals surface area contributed by atoms with Crippen LogP contribution in [0.2, 0.25) is 0 Å². The molecular weight excluding hydrogens is 404 g/mol. The number of carbonyl (C=O) groups excluding carboxylic acids is 1. The quantitative estimate of drug-likeness (QED) is 0.123. The van der Waals surface area contributed by atoms with E-state index >= 15 is 0 Å². The fraction of sp³-hybridized carbons (Fsp3) is 0.750. The van der Waals surface area contributed by atoms with E-state index in [-0.39, 0.29) is 12.4 Å². The molecule has 1 rings (SSSR count). The molecule has 1 unspecified atom stereocenters. The lowest BCUT2D eigenvalue weighted by molar-refractivity contribution is -0.790. The van der Waals surface area contributed by atoms with Gasteiger partial charge in [-0.3, -0.25) is 4.79 Å². The van der Waals surface area contributed by atoms with Crippen molar-refractivity contribution in [3.8, 4) is 0 Å². The van der Waals surface area contributed by atoms with E-state index in [0.29, 0.717) is 38.9 Å². The van der Waals surface area contributed by atoms with Crippen LogP contribution in [0.5, 0.6) is 0 Å². The number of H-pyrrole nitrogens is 1. The highest BCUT2D eigenvalue weighted by Gasteiger charge is 2.19. The number of hydrogen-bond donors (Lipinski definition) is 3. The van der Waals surface area contributed by atoms with E-state index in [0.717, 1.165) is 12.1 Å². The van der Waals surface area contributed by atoms with Gasteiger partial charge in [0, 0.05) is 18.3 Å². The summed E-state index contributed by atoms with van der Waals surface area (Å²) in [6.07, 6.45) is 5.03. The molecule has 14 nitrogen and oxygen atoms in total. The molecule has 0 aliphatic rings. The van der Waals surface area contributed by atoms with E-state index in [9.17, 15) is 25.0 Å². The maximum absolute atomic E-state index is 11.8. The number of carbonyl (C=O) groups is 1. The number of nitrogens with zero attached hydrogens (tertiary/aromatic N) is 3. The molecule has 1 heterocycles. The van der Waals surface area contributed by atoms with Crippen molar-refractivity contribution in [2.45, 2.75) is 44.2 Å². The number of unbranched alkanes of at least 4 members (excludes halogenated alkanes) is 1. The van der Waals surface area contributed by atoms with Crippen LogP contribution in [0, 0.1) is 20.2 Å². The lowest BCUT2D eigenvalue weighted by Gasteiger charge is -2.16. The van der Waals surface area contributed by atoms with Crippen LogP contribution in [0.1, 0.15) is 31.4 Å². The van der Waals surface area contributed by atoms with Gasteiger partial charge < -0.3 is 30.0 Å². The van der Waals surface area contributed by atoms with Crippen molar-refractivity contribution in [1.29, 1.82) is 0 Å². The van der Waals surface area contributed by atoms with Crippen LogP contribution < -0.4 is 10.6 Å². The Kier molecular flexibility index (Phi) is 12.5. The van der Waals surface area contributed by atoms with Crippen LogP contribution in [0.15, 0.2) is 12.5 Å². The number of nitrogens with one attached hydrogen (secondary N) is 3. The zero-order chi connectivity index (χ0) is 22.2. The van der Waals surface area contributed by atoms with Gasteiger partial charge in [0.05, 0.1) is 13.4 Å². The average Bonchev–Trinajstić information content (AvgIpc) is 3.21. The molecule has 0 aliphatic carbocycles. The van der Waals surface area contributed by atoms with Crippen LogP contribution in [-0.4, -0.2) is 71.6 Å². The summed E-state index contributed by atoms with van der Waals surface area (Å²) in [5.41, 5.74) is 0.832. The zero-order valence-electron chi connectivity index (χ0n) is 16.8. The summed E-state index contributed by atoms with van der Waals surface area (Å²) in [5, 5.41) is 25.0. The predicted octanol–water partition coefficient (Wildman–Crippen LogP) is 0.0186. The van der Waals surface area contributed by atoms with Crippen molar-refractivity contribution in [3.05, 3.63) is 38.4 Å². The first kappa shape index (κ1) is 25.0. The Morgan fingerprint density at radius 3 is 2.60 bits per heavy atom. The highest BCUT2D eigenvalue weighted by atomic mass is 17.0. The van der Waals surface area contributed by atoms with Crippen molar-refractivity contribution in [2.75, 3.05) is 33.4 Å². The van der Waals surface area contributed by atoms with Gasteiger partial charge in [0.15, 0.2) is 0 Å². The first-order valence-electron chi connectivity index (χ1n) is 9.50. The topological polar surface area (TPSA) is 184 Å². The first-order chi connectivity index (χ1) is 14.4. The number of aromatic nitrogens is 2. The van der Waals surface area contributed by atoms with Crippen molar-refractivity contribution in [3.63, 3.8) is 0 Å². The number of esters is 1. The lowest BCUT2D eigenvalue weighted by atomic mass is 10.1. The summed E-state index contributed by atoms with van der Waals surface area (Å²) in [6, 6.07) is -0.463. The minimum absolute atomic E-state index is 0.270. The molecule has 0 radical (unpaired) electrons. The lowest BCUT2D eigenvalue weighted by Crippen LogP contribution is -2.40. The third-order valence-electron chi connectivity index (χ3n) is 4.12. The van der Waals surface area contributed by atoms with Crippen molar-refractivity contribution in [2.24, 2.45) is 0 Å². The summed E-state index contributed by atoms with van der Waals surface area (Å²) in [6.45, 7) is 1.52. The summed E-state index contributed by atoms with van der Waals surface area (Å²) in [7, 11) is 1.34. The van der Waals surface area contributed by atoms with Gasteiger partial charge in [0.2, 0.25) is 0 Å². The molecule has 0 fully saturated rings. The second-order valence-corrected chi connectivity index (χ2v) is 6.38. The Morgan fingerprint density at radius 2 is 1.97 bits per heavy atom. The van der Waals surface area contributed by atoms with E-state index in [1.165, 1.54) is 7.11 Å².